The van der Waals surface area contributed by atoms with E-state index in [1.165, 1.54) is 24.0 Å². The Balaban J connectivity index is 1.38. The van der Waals surface area contributed by atoms with E-state index in [1.807, 2.05) is 30.3 Å². The summed E-state index contributed by atoms with van der Waals surface area (Å²) in [6.45, 7) is 0.244. The number of aryl methyl sites for hydroxylation is 1. The summed E-state index contributed by atoms with van der Waals surface area (Å²) in [6, 6.07) is 11.8. The van der Waals surface area contributed by atoms with Gasteiger partial charge in [-0.1, -0.05) is 18.2 Å². The molecule has 0 saturated heterocycles. The molecule has 0 fully saturated rings. The Morgan fingerprint density at radius 2 is 2.00 bits per heavy atom. The minimum atomic E-state index is -0.101. The van der Waals surface area contributed by atoms with Crippen LogP contribution in [0.3, 0.4) is 0 Å². The van der Waals surface area contributed by atoms with E-state index in [0.717, 1.165) is 29.7 Å². The smallest absolute Gasteiger partial charge is 0.244 e. The molecule has 2 aromatic carbocycles. The molecule has 5 nitrogen and oxygen atoms in total. The molecule has 2 aliphatic rings. The lowest BCUT2D eigenvalue weighted by atomic mass is 9.87. The summed E-state index contributed by atoms with van der Waals surface area (Å²) in [6.07, 6.45) is 6.60. The monoisotopic (exact) mass is 336 g/mol. The van der Waals surface area contributed by atoms with Crippen LogP contribution in [-0.2, 0) is 24.1 Å². The van der Waals surface area contributed by atoms with Crippen molar-refractivity contribution in [1.29, 1.82) is 0 Å². The van der Waals surface area contributed by atoms with Gasteiger partial charge in [0.1, 0.15) is 0 Å². The normalized spacial score (nSPS) is 15.2. The lowest BCUT2D eigenvalue weighted by Gasteiger charge is -2.18. The predicted octanol–water partition coefficient (Wildman–Crippen LogP) is 2.99. The van der Waals surface area contributed by atoms with Crippen molar-refractivity contribution in [2.75, 3.05) is 6.79 Å². The Morgan fingerprint density at radius 1 is 1.12 bits per heavy atom. The molecule has 0 aromatic heterocycles. The highest BCUT2D eigenvalue weighted by molar-refractivity contribution is 5.84. The third-order valence-electron chi connectivity index (χ3n) is 4.64. The first-order valence-corrected chi connectivity index (χ1v) is 8.61. The third-order valence-corrected chi connectivity index (χ3v) is 4.64. The average Bonchev–Trinajstić information content (AvgIpc) is 3.10. The van der Waals surface area contributed by atoms with E-state index in [0.29, 0.717) is 12.2 Å². The maximum absolute atomic E-state index is 12.2. The van der Waals surface area contributed by atoms with Gasteiger partial charge in [0.2, 0.25) is 12.7 Å². The van der Waals surface area contributed by atoms with E-state index < -0.39 is 0 Å². The molecule has 1 N–H and O–H groups in total. The Labute approximate surface area is 146 Å². The van der Waals surface area contributed by atoms with Gasteiger partial charge in [-0.25, -0.2) is 5.43 Å². The number of fused-ring (bicyclic) bond motifs is 2. The molecular weight excluding hydrogens is 316 g/mol. The van der Waals surface area contributed by atoms with Gasteiger partial charge in [-0.2, -0.15) is 5.10 Å². The number of amides is 1. The van der Waals surface area contributed by atoms with E-state index in [-0.39, 0.29) is 12.7 Å². The number of benzene rings is 2. The zero-order valence-electron chi connectivity index (χ0n) is 14.0. The largest absolute Gasteiger partial charge is 0.454 e. The molecule has 128 valence electrons. The molecule has 2 aromatic rings. The minimum Gasteiger partial charge on any atom is -0.454 e. The Kier molecular flexibility index (Phi) is 4.37. The van der Waals surface area contributed by atoms with E-state index in [4.69, 9.17) is 9.47 Å². The van der Waals surface area contributed by atoms with E-state index >= 15 is 0 Å². The van der Waals surface area contributed by atoms with Crippen LogP contribution >= 0.6 is 0 Å². The molecule has 25 heavy (non-hydrogen) atoms. The molecule has 4 rings (SSSR count). The molecule has 0 bridgehead atoms. The van der Waals surface area contributed by atoms with Gasteiger partial charge in [-0.05, 0) is 66.1 Å². The fourth-order valence-corrected chi connectivity index (χ4v) is 3.41. The van der Waals surface area contributed by atoms with E-state index in [1.54, 1.807) is 6.21 Å². The maximum atomic E-state index is 12.2. The standard InChI is InChI=1S/C20H20N2O3/c23-20(11-16-6-3-5-15-4-1-2-7-17(15)16)22-21-12-14-8-9-18-19(10-14)25-13-24-18/h3,5-6,8-10,12H,1-2,4,7,11,13H2,(H,22,23)/b21-12-. The lowest BCUT2D eigenvalue weighted by molar-refractivity contribution is -0.120. The quantitative estimate of drug-likeness (QED) is 0.690. The number of nitrogens with one attached hydrogen (secondary N) is 1. The Morgan fingerprint density at radius 3 is 2.96 bits per heavy atom. The van der Waals surface area contributed by atoms with Gasteiger partial charge >= 0.3 is 0 Å². The van der Waals surface area contributed by atoms with Crippen molar-refractivity contribution in [2.24, 2.45) is 5.10 Å². The highest BCUT2D eigenvalue weighted by Gasteiger charge is 2.15. The van der Waals surface area contributed by atoms with Crippen LogP contribution in [0.2, 0.25) is 0 Å². The van der Waals surface area contributed by atoms with Gasteiger partial charge in [0.25, 0.3) is 0 Å². The number of hydrogen-bond donors (Lipinski definition) is 1. The maximum Gasteiger partial charge on any atom is 0.244 e. The molecule has 5 heteroatoms. The van der Waals surface area contributed by atoms with Gasteiger partial charge in [0.05, 0.1) is 12.6 Å². The number of carbonyl (C=O) groups is 1. The van der Waals surface area contributed by atoms with Gasteiger partial charge in [-0.3, -0.25) is 4.79 Å². The second-order valence-electron chi connectivity index (χ2n) is 6.34. The summed E-state index contributed by atoms with van der Waals surface area (Å²) >= 11 is 0. The number of carbonyl (C=O) groups excluding carboxylic acids is 1. The minimum absolute atomic E-state index is 0.101. The Hall–Kier alpha value is -2.82. The van der Waals surface area contributed by atoms with Gasteiger partial charge < -0.3 is 9.47 Å². The molecule has 0 atom stereocenters. The fraction of sp³-hybridized carbons (Fsp3) is 0.300. The van der Waals surface area contributed by atoms with Crippen LogP contribution in [0, 0.1) is 0 Å². The summed E-state index contributed by atoms with van der Waals surface area (Å²) in [5, 5.41) is 4.05. The number of nitrogens with zero attached hydrogens (tertiary/aromatic N) is 1. The average molecular weight is 336 g/mol. The first-order chi connectivity index (χ1) is 12.3. The zero-order valence-corrected chi connectivity index (χ0v) is 14.0. The van der Waals surface area contributed by atoms with Crippen LogP contribution in [0.1, 0.15) is 35.1 Å². The third kappa shape index (κ3) is 3.50. The molecule has 0 spiro atoms. The molecule has 0 unspecified atom stereocenters. The number of rotatable bonds is 4. The van der Waals surface area contributed by atoms with E-state index in [2.05, 4.69) is 16.6 Å². The summed E-state index contributed by atoms with van der Waals surface area (Å²) in [4.78, 5) is 12.2. The van der Waals surface area contributed by atoms with Gasteiger partial charge in [-0.15, -0.1) is 0 Å². The molecule has 1 aliphatic heterocycles. The molecule has 0 saturated carbocycles. The van der Waals surface area contributed by atoms with Crippen LogP contribution in [0.5, 0.6) is 11.5 Å². The molecule has 1 amide bonds. The van der Waals surface area contributed by atoms with Crippen molar-refractivity contribution in [3.05, 3.63) is 58.7 Å². The Bertz CT molecular complexity index is 830. The summed E-state index contributed by atoms with van der Waals surface area (Å²) in [7, 11) is 0. The number of ether oxygens (including phenoxy) is 2. The van der Waals surface area contributed by atoms with Crippen molar-refractivity contribution in [3.63, 3.8) is 0 Å². The van der Waals surface area contributed by atoms with Crippen LogP contribution in [0.4, 0.5) is 0 Å². The molecule has 0 radical (unpaired) electrons. The zero-order chi connectivity index (χ0) is 17.1. The van der Waals surface area contributed by atoms with Crippen LogP contribution in [0.25, 0.3) is 0 Å². The summed E-state index contributed by atoms with van der Waals surface area (Å²) in [5.41, 5.74) is 7.32. The van der Waals surface area contributed by atoms with Gasteiger partial charge in [0, 0.05) is 0 Å². The van der Waals surface area contributed by atoms with E-state index in [9.17, 15) is 4.79 Å². The second kappa shape index (κ2) is 6.97. The van der Waals surface area contributed by atoms with Crippen molar-refractivity contribution in [3.8, 4) is 11.5 Å². The predicted molar refractivity (Wildman–Crippen MR) is 95.1 cm³/mol. The first kappa shape index (κ1) is 15.7. The van der Waals surface area contributed by atoms with Crippen molar-refractivity contribution in [2.45, 2.75) is 32.1 Å². The van der Waals surface area contributed by atoms with Crippen LogP contribution < -0.4 is 14.9 Å². The lowest BCUT2D eigenvalue weighted by Crippen LogP contribution is -2.21. The van der Waals surface area contributed by atoms with Crippen molar-refractivity contribution in [1.82, 2.24) is 5.43 Å². The van der Waals surface area contributed by atoms with Gasteiger partial charge in [0.15, 0.2) is 11.5 Å². The molecular formula is C20H20N2O3. The highest BCUT2D eigenvalue weighted by Crippen LogP contribution is 2.32. The molecule has 1 heterocycles. The van der Waals surface area contributed by atoms with Crippen molar-refractivity contribution < 1.29 is 14.3 Å². The highest BCUT2D eigenvalue weighted by atomic mass is 16.7. The number of hydrogen-bond acceptors (Lipinski definition) is 4. The van der Waals surface area contributed by atoms with Crippen LogP contribution in [-0.4, -0.2) is 18.9 Å². The molecule has 1 aliphatic carbocycles. The van der Waals surface area contributed by atoms with Crippen LogP contribution in [0.15, 0.2) is 41.5 Å². The van der Waals surface area contributed by atoms with Crippen molar-refractivity contribution >= 4 is 12.1 Å². The number of hydrazone groups is 1. The summed E-state index contributed by atoms with van der Waals surface area (Å²) in [5.74, 6) is 1.33. The first-order valence-electron chi connectivity index (χ1n) is 8.61. The SMILES string of the molecule is O=C(Cc1cccc2c1CCCC2)N/N=C\c1ccc2c(c1)OCO2. The topological polar surface area (TPSA) is 59.9 Å². The summed E-state index contributed by atoms with van der Waals surface area (Å²) < 4.78 is 10.6. The second-order valence-corrected chi connectivity index (χ2v) is 6.34. The fourth-order valence-electron chi connectivity index (χ4n) is 3.41.